The molecule has 0 spiro atoms. The summed E-state index contributed by atoms with van der Waals surface area (Å²) in [5.41, 5.74) is 7.46. The number of likely N-dealkylation sites (tertiary alicyclic amines) is 1. The van der Waals surface area contributed by atoms with E-state index < -0.39 is 0 Å². The number of nitrogens with two attached hydrogens (primary N) is 1. The van der Waals surface area contributed by atoms with Gasteiger partial charge in [0.1, 0.15) is 0 Å². The van der Waals surface area contributed by atoms with Gasteiger partial charge in [0.05, 0.1) is 5.56 Å². The van der Waals surface area contributed by atoms with E-state index in [-0.39, 0.29) is 11.9 Å². The Morgan fingerprint density at radius 2 is 2.39 bits per heavy atom. The van der Waals surface area contributed by atoms with E-state index in [2.05, 4.69) is 4.98 Å². The fraction of sp³-hybridized carbons (Fsp3) is 0.571. The van der Waals surface area contributed by atoms with Gasteiger partial charge in [0.2, 0.25) is 0 Å². The van der Waals surface area contributed by atoms with Crippen molar-refractivity contribution < 1.29 is 4.79 Å². The van der Waals surface area contributed by atoms with Crippen LogP contribution in [0, 0.1) is 12.8 Å². The second-order valence-electron chi connectivity index (χ2n) is 5.15. The molecular formula is C14H21N3O. The van der Waals surface area contributed by atoms with Gasteiger partial charge in [-0.3, -0.25) is 9.78 Å². The Hall–Kier alpha value is -1.42. The summed E-state index contributed by atoms with van der Waals surface area (Å²) in [6.45, 7) is 5.50. The van der Waals surface area contributed by atoms with Gasteiger partial charge in [-0.15, -0.1) is 0 Å². The molecule has 1 aliphatic heterocycles. The van der Waals surface area contributed by atoms with Gasteiger partial charge in [-0.2, -0.15) is 0 Å². The van der Waals surface area contributed by atoms with Crippen molar-refractivity contribution in [3.8, 4) is 0 Å². The number of carbonyl (C=O) groups excluding carboxylic acids is 1. The zero-order valence-corrected chi connectivity index (χ0v) is 11.1. The monoisotopic (exact) mass is 247 g/mol. The second kappa shape index (κ2) is 5.48. The molecule has 1 amide bonds. The predicted molar refractivity (Wildman–Crippen MR) is 71.3 cm³/mol. The molecule has 0 bridgehead atoms. The Kier molecular flexibility index (Phi) is 3.97. The quantitative estimate of drug-likeness (QED) is 0.863. The van der Waals surface area contributed by atoms with Gasteiger partial charge < -0.3 is 10.6 Å². The largest absolute Gasteiger partial charge is 0.338 e. The predicted octanol–water partition coefficient (Wildman–Crippen LogP) is 1.59. The number of pyridine rings is 1. The molecule has 2 unspecified atom stereocenters. The van der Waals surface area contributed by atoms with Crippen molar-refractivity contribution >= 4 is 5.91 Å². The van der Waals surface area contributed by atoms with Gasteiger partial charge in [-0.1, -0.05) is 0 Å². The first-order valence-corrected chi connectivity index (χ1v) is 6.56. The number of hydrogen-bond donors (Lipinski definition) is 1. The Morgan fingerprint density at radius 1 is 1.61 bits per heavy atom. The van der Waals surface area contributed by atoms with Crippen LogP contribution in [0.15, 0.2) is 18.3 Å². The van der Waals surface area contributed by atoms with Gasteiger partial charge in [0.15, 0.2) is 0 Å². The average molecular weight is 247 g/mol. The lowest BCUT2D eigenvalue weighted by atomic mass is 9.92. The van der Waals surface area contributed by atoms with Gasteiger partial charge in [-0.25, -0.2) is 0 Å². The minimum Gasteiger partial charge on any atom is -0.338 e. The molecule has 2 N–H and O–H groups in total. The molecule has 1 saturated heterocycles. The van der Waals surface area contributed by atoms with Gasteiger partial charge in [0.25, 0.3) is 5.91 Å². The third-order valence-electron chi connectivity index (χ3n) is 3.73. The van der Waals surface area contributed by atoms with Crippen molar-refractivity contribution in [2.45, 2.75) is 32.7 Å². The van der Waals surface area contributed by atoms with Crippen LogP contribution in [0.2, 0.25) is 0 Å². The fourth-order valence-electron chi connectivity index (χ4n) is 2.50. The molecule has 4 heteroatoms. The summed E-state index contributed by atoms with van der Waals surface area (Å²) in [7, 11) is 0. The lowest BCUT2D eigenvalue weighted by Gasteiger charge is -2.34. The molecule has 0 aromatic carbocycles. The van der Waals surface area contributed by atoms with E-state index in [4.69, 9.17) is 5.73 Å². The maximum absolute atomic E-state index is 12.4. The third kappa shape index (κ3) is 2.70. The number of hydrogen-bond acceptors (Lipinski definition) is 3. The molecule has 2 heterocycles. The molecule has 98 valence electrons. The topological polar surface area (TPSA) is 59.2 Å². The van der Waals surface area contributed by atoms with Crippen molar-refractivity contribution in [2.75, 3.05) is 13.1 Å². The van der Waals surface area contributed by atoms with Crippen LogP contribution in [0.4, 0.5) is 0 Å². The third-order valence-corrected chi connectivity index (χ3v) is 3.73. The molecule has 0 saturated carbocycles. The highest BCUT2D eigenvalue weighted by Gasteiger charge is 2.27. The summed E-state index contributed by atoms with van der Waals surface area (Å²) in [6, 6.07) is 3.81. The zero-order valence-electron chi connectivity index (χ0n) is 11.1. The van der Waals surface area contributed by atoms with E-state index in [9.17, 15) is 4.79 Å². The lowest BCUT2D eigenvalue weighted by Crippen LogP contribution is -2.45. The summed E-state index contributed by atoms with van der Waals surface area (Å²) in [5.74, 6) is 0.505. The number of piperidine rings is 1. The van der Waals surface area contributed by atoms with E-state index in [1.807, 2.05) is 30.9 Å². The Labute approximate surface area is 108 Å². The summed E-state index contributed by atoms with van der Waals surface area (Å²) >= 11 is 0. The van der Waals surface area contributed by atoms with Crippen molar-refractivity contribution in [2.24, 2.45) is 11.7 Å². The normalized spacial score (nSPS) is 21.7. The minimum absolute atomic E-state index is 0.0888. The Morgan fingerprint density at radius 3 is 3.06 bits per heavy atom. The van der Waals surface area contributed by atoms with Crippen molar-refractivity contribution in [1.82, 2.24) is 9.88 Å². The number of amides is 1. The van der Waals surface area contributed by atoms with Crippen LogP contribution in [0.25, 0.3) is 0 Å². The molecule has 1 fully saturated rings. The van der Waals surface area contributed by atoms with Crippen LogP contribution in [0.1, 0.15) is 35.8 Å². The maximum Gasteiger partial charge on any atom is 0.255 e. The SMILES string of the molecule is Cc1ncccc1C(=O)N1CCCC(C(C)N)C1. The molecule has 2 rings (SSSR count). The van der Waals surface area contributed by atoms with Crippen molar-refractivity contribution in [1.29, 1.82) is 0 Å². The molecule has 1 aromatic heterocycles. The summed E-state index contributed by atoms with van der Waals surface area (Å²) in [4.78, 5) is 18.5. The van der Waals surface area contributed by atoms with Gasteiger partial charge in [0, 0.05) is 31.0 Å². The van der Waals surface area contributed by atoms with Crippen LogP contribution in [0.5, 0.6) is 0 Å². The maximum atomic E-state index is 12.4. The zero-order chi connectivity index (χ0) is 13.1. The number of aryl methyl sites for hydroxylation is 1. The van der Waals surface area contributed by atoms with Gasteiger partial charge in [-0.05, 0) is 44.7 Å². The first kappa shape index (κ1) is 13.0. The molecular weight excluding hydrogens is 226 g/mol. The average Bonchev–Trinajstić information content (AvgIpc) is 2.38. The van der Waals surface area contributed by atoms with Crippen LogP contribution in [0.3, 0.4) is 0 Å². The summed E-state index contributed by atoms with van der Waals surface area (Å²) in [5, 5.41) is 0. The summed E-state index contributed by atoms with van der Waals surface area (Å²) < 4.78 is 0. The highest BCUT2D eigenvalue weighted by atomic mass is 16.2. The van der Waals surface area contributed by atoms with E-state index in [0.29, 0.717) is 11.5 Å². The molecule has 1 aromatic rings. The van der Waals surface area contributed by atoms with E-state index in [1.54, 1.807) is 6.20 Å². The van der Waals surface area contributed by atoms with E-state index in [1.165, 1.54) is 0 Å². The molecule has 2 atom stereocenters. The highest BCUT2D eigenvalue weighted by Crippen LogP contribution is 2.21. The first-order valence-electron chi connectivity index (χ1n) is 6.56. The molecule has 18 heavy (non-hydrogen) atoms. The van der Waals surface area contributed by atoms with Crippen LogP contribution in [-0.2, 0) is 0 Å². The fourth-order valence-corrected chi connectivity index (χ4v) is 2.50. The summed E-state index contributed by atoms with van der Waals surface area (Å²) in [6.07, 6.45) is 3.87. The Balaban J connectivity index is 2.12. The smallest absolute Gasteiger partial charge is 0.255 e. The van der Waals surface area contributed by atoms with E-state index >= 15 is 0 Å². The minimum atomic E-state index is 0.0888. The second-order valence-corrected chi connectivity index (χ2v) is 5.15. The van der Waals surface area contributed by atoms with Crippen LogP contribution in [-0.4, -0.2) is 34.9 Å². The Bertz CT molecular complexity index is 431. The molecule has 0 aliphatic carbocycles. The van der Waals surface area contributed by atoms with Crippen molar-refractivity contribution in [3.63, 3.8) is 0 Å². The lowest BCUT2D eigenvalue weighted by molar-refractivity contribution is 0.0659. The van der Waals surface area contributed by atoms with Crippen LogP contribution < -0.4 is 5.73 Å². The number of carbonyl (C=O) groups is 1. The molecule has 4 nitrogen and oxygen atoms in total. The number of rotatable bonds is 2. The molecule has 1 aliphatic rings. The molecule has 0 radical (unpaired) electrons. The number of nitrogens with zero attached hydrogens (tertiary/aromatic N) is 2. The highest BCUT2D eigenvalue weighted by molar-refractivity contribution is 5.95. The van der Waals surface area contributed by atoms with Crippen LogP contribution >= 0.6 is 0 Å². The van der Waals surface area contributed by atoms with Gasteiger partial charge >= 0.3 is 0 Å². The van der Waals surface area contributed by atoms with E-state index in [0.717, 1.165) is 31.6 Å². The standard InChI is InChI=1S/C14H21N3O/c1-10(15)12-5-4-8-17(9-12)14(18)13-6-3-7-16-11(13)2/h3,6-7,10,12H,4-5,8-9,15H2,1-2H3. The number of aromatic nitrogens is 1. The first-order chi connectivity index (χ1) is 8.59. The van der Waals surface area contributed by atoms with Crippen molar-refractivity contribution in [3.05, 3.63) is 29.6 Å².